The van der Waals surface area contributed by atoms with Crippen LogP contribution in [0.4, 0.5) is 9.52 Å². The highest BCUT2D eigenvalue weighted by molar-refractivity contribution is 7.20. The number of halogens is 1. The number of rotatable bonds is 8. The molecule has 2 aromatic heterocycles. The van der Waals surface area contributed by atoms with E-state index in [9.17, 15) is 9.50 Å². The molecular weight excluding hydrogens is 459 g/mol. The minimum Gasteiger partial charge on any atom is -0.496 e. The number of piperidine rings is 1. The van der Waals surface area contributed by atoms with Gasteiger partial charge >= 0.3 is 0 Å². The van der Waals surface area contributed by atoms with Crippen LogP contribution in [-0.2, 0) is 4.74 Å². The van der Waals surface area contributed by atoms with Gasteiger partial charge in [0.15, 0.2) is 0 Å². The molecule has 2 N–H and O–H groups in total. The van der Waals surface area contributed by atoms with Crippen molar-refractivity contribution >= 4 is 21.4 Å². The predicted octanol–water partition coefficient (Wildman–Crippen LogP) is 1.86. The van der Waals surface area contributed by atoms with E-state index >= 15 is 0 Å². The molecule has 5 rings (SSSR count). The van der Waals surface area contributed by atoms with Crippen molar-refractivity contribution in [2.75, 3.05) is 71.1 Å². The third kappa shape index (κ3) is 4.76. The molecule has 0 spiro atoms. The number of ether oxygens (including phenoxy) is 2. The smallest absolute Gasteiger partial charge is 0.214 e. The van der Waals surface area contributed by atoms with Crippen molar-refractivity contribution in [2.45, 2.75) is 18.4 Å². The van der Waals surface area contributed by atoms with Crippen molar-refractivity contribution in [3.05, 3.63) is 30.2 Å². The number of nitrogens with one attached hydrogen (secondary N) is 1. The van der Waals surface area contributed by atoms with Gasteiger partial charge in [0.25, 0.3) is 0 Å². The molecule has 2 saturated heterocycles. The van der Waals surface area contributed by atoms with Crippen LogP contribution < -0.4 is 15.0 Å². The molecule has 0 unspecified atom stereocenters. The minimum atomic E-state index is -0.348. The second kappa shape index (κ2) is 10.1. The van der Waals surface area contributed by atoms with Crippen molar-refractivity contribution < 1.29 is 19.0 Å². The number of imidazole rings is 1. The fraction of sp³-hybridized carbons (Fsp3) is 0.565. The van der Waals surface area contributed by atoms with Crippen LogP contribution in [0.15, 0.2) is 24.4 Å². The molecule has 0 atom stereocenters. The normalized spacial score (nSPS) is 19.1. The summed E-state index contributed by atoms with van der Waals surface area (Å²) in [6.07, 6.45) is 3.42. The standard InChI is InChI=1S/C23H31FN6O3S/c1-32-20-14-17(24)2-3-18(20)19-15-25-21-30(19)27-22(34-21)29-7-4-23(16-31,5-8-29)26-6-9-28-10-12-33-13-11-28/h2-3,14-15,26,31H,4-13,16H2,1H3. The van der Waals surface area contributed by atoms with Gasteiger partial charge in [0.2, 0.25) is 10.1 Å². The number of aliphatic hydroxyl groups excluding tert-OH is 1. The van der Waals surface area contributed by atoms with Crippen molar-refractivity contribution in [2.24, 2.45) is 0 Å². The number of nitrogens with zero attached hydrogens (tertiary/aromatic N) is 5. The third-order valence-corrected chi connectivity index (χ3v) is 7.82. The van der Waals surface area contributed by atoms with Gasteiger partial charge in [-0.25, -0.2) is 13.9 Å². The number of hydrogen-bond acceptors (Lipinski definition) is 9. The second-order valence-electron chi connectivity index (χ2n) is 8.87. The number of benzene rings is 1. The summed E-state index contributed by atoms with van der Waals surface area (Å²) < 4.78 is 26.2. The summed E-state index contributed by atoms with van der Waals surface area (Å²) in [4.78, 5) is 9.94. The highest BCUT2D eigenvalue weighted by atomic mass is 32.1. The molecule has 0 radical (unpaired) electrons. The molecule has 0 amide bonds. The molecule has 2 aliphatic rings. The minimum absolute atomic E-state index is 0.125. The van der Waals surface area contributed by atoms with E-state index in [2.05, 4.69) is 20.1 Å². The SMILES string of the molecule is COc1cc(F)ccc1-c1cnc2sc(N3CCC(CO)(NCCN4CCOCC4)CC3)nn12. The number of hydrogen-bond donors (Lipinski definition) is 2. The number of anilines is 1. The molecule has 0 aliphatic carbocycles. The van der Waals surface area contributed by atoms with E-state index in [1.54, 1.807) is 16.8 Å². The molecule has 4 heterocycles. The molecule has 0 bridgehead atoms. The van der Waals surface area contributed by atoms with Crippen LogP contribution in [0.25, 0.3) is 16.2 Å². The Balaban J connectivity index is 1.25. The van der Waals surface area contributed by atoms with Crippen molar-refractivity contribution in [1.82, 2.24) is 24.8 Å². The quantitative estimate of drug-likeness (QED) is 0.495. The predicted molar refractivity (Wildman–Crippen MR) is 129 cm³/mol. The highest BCUT2D eigenvalue weighted by Gasteiger charge is 2.34. The molecule has 0 saturated carbocycles. The summed E-state index contributed by atoms with van der Waals surface area (Å²) in [6.45, 7) is 7.09. The van der Waals surface area contributed by atoms with Gasteiger partial charge < -0.3 is 24.8 Å². The Bertz CT molecular complexity index is 1110. The second-order valence-corrected chi connectivity index (χ2v) is 9.81. The molecular formula is C23H31FN6O3S. The summed E-state index contributed by atoms with van der Waals surface area (Å²) in [5.74, 6) is 0.102. The van der Waals surface area contributed by atoms with E-state index in [4.69, 9.17) is 14.6 Å². The van der Waals surface area contributed by atoms with E-state index < -0.39 is 0 Å². The average Bonchev–Trinajstić information content (AvgIpc) is 3.46. The molecule has 3 aromatic rings. The van der Waals surface area contributed by atoms with Gasteiger partial charge in [-0.1, -0.05) is 11.3 Å². The Labute approximate surface area is 202 Å². The fourth-order valence-electron chi connectivity index (χ4n) is 4.69. The van der Waals surface area contributed by atoms with Crippen LogP contribution in [0.5, 0.6) is 5.75 Å². The molecule has 34 heavy (non-hydrogen) atoms. The van der Waals surface area contributed by atoms with Crippen LogP contribution in [0, 0.1) is 5.82 Å². The van der Waals surface area contributed by atoms with E-state index in [1.165, 1.54) is 30.6 Å². The maximum absolute atomic E-state index is 13.6. The van der Waals surface area contributed by atoms with Crippen molar-refractivity contribution in [3.63, 3.8) is 0 Å². The molecule has 2 fully saturated rings. The first-order valence-electron chi connectivity index (χ1n) is 11.7. The third-order valence-electron chi connectivity index (χ3n) is 6.84. The number of aromatic nitrogens is 3. The zero-order valence-corrected chi connectivity index (χ0v) is 20.2. The first kappa shape index (κ1) is 23.4. The number of methoxy groups -OCH3 is 1. The topological polar surface area (TPSA) is 87.4 Å². The Morgan fingerprint density at radius 2 is 2.03 bits per heavy atom. The lowest BCUT2D eigenvalue weighted by Gasteiger charge is -2.41. The highest BCUT2D eigenvalue weighted by Crippen LogP contribution is 2.35. The first-order valence-corrected chi connectivity index (χ1v) is 12.5. The average molecular weight is 491 g/mol. The zero-order chi connectivity index (χ0) is 23.5. The summed E-state index contributed by atoms with van der Waals surface area (Å²) in [6, 6.07) is 4.47. The Hall–Kier alpha value is -2.31. The fourth-order valence-corrected chi connectivity index (χ4v) is 5.62. The lowest BCUT2D eigenvalue weighted by molar-refractivity contribution is 0.0358. The van der Waals surface area contributed by atoms with Crippen molar-refractivity contribution in [1.29, 1.82) is 0 Å². The van der Waals surface area contributed by atoms with Gasteiger partial charge in [0.1, 0.15) is 11.6 Å². The summed E-state index contributed by atoms with van der Waals surface area (Å²) >= 11 is 1.53. The molecule has 2 aliphatic heterocycles. The van der Waals surface area contributed by atoms with Crippen molar-refractivity contribution in [3.8, 4) is 17.0 Å². The van der Waals surface area contributed by atoms with E-state index in [0.29, 0.717) is 5.75 Å². The van der Waals surface area contributed by atoms with Gasteiger partial charge in [-0.15, -0.1) is 5.10 Å². The summed E-state index contributed by atoms with van der Waals surface area (Å²) in [7, 11) is 1.53. The Kier molecular flexibility index (Phi) is 6.98. The monoisotopic (exact) mass is 490 g/mol. The maximum Gasteiger partial charge on any atom is 0.214 e. The number of morpholine rings is 1. The van der Waals surface area contributed by atoms with Crippen LogP contribution >= 0.6 is 11.3 Å². The van der Waals surface area contributed by atoms with Crippen LogP contribution in [0.1, 0.15) is 12.8 Å². The Morgan fingerprint density at radius 3 is 2.76 bits per heavy atom. The Morgan fingerprint density at radius 1 is 1.24 bits per heavy atom. The van der Waals surface area contributed by atoms with Gasteiger partial charge in [-0.2, -0.15) is 0 Å². The zero-order valence-electron chi connectivity index (χ0n) is 19.4. The number of fused-ring (bicyclic) bond motifs is 1. The van der Waals surface area contributed by atoms with Crippen LogP contribution in [0.3, 0.4) is 0 Å². The van der Waals surface area contributed by atoms with E-state index in [0.717, 1.165) is 86.7 Å². The van der Waals surface area contributed by atoms with Crippen LogP contribution in [0.2, 0.25) is 0 Å². The van der Waals surface area contributed by atoms with Crippen LogP contribution in [-0.4, -0.2) is 96.3 Å². The van der Waals surface area contributed by atoms with Gasteiger partial charge in [-0.05, 0) is 25.0 Å². The van der Waals surface area contributed by atoms with Gasteiger partial charge in [-0.3, -0.25) is 4.90 Å². The lowest BCUT2D eigenvalue weighted by atomic mass is 9.88. The maximum atomic E-state index is 13.6. The van der Waals surface area contributed by atoms with Gasteiger partial charge in [0, 0.05) is 56.4 Å². The molecule has 184 valence electrons. The summed E-state index contributed by atoms with van der Waals surface area (Å²) in [5.41, 5.74) is 1.25. The molecule has 1 aromatic carbocycles. The van der Waals surface area contributed by atoms with E-state index in [1.807, 2.05) is 0 Å². The molecule has 9 nitrogen and oxygen atoms in total. The lowest BCUT2D eigenvalue weighted by Crippen LogP contribution is -2.57. The van der Waals surface area contributed by atoms with E-state index in [-0.39, 0.29) is 18.0 Å². The summed E-state index contributed by atoms with van der Waals surface area (Å²) in [5, 5.41) is 19.5. The first-order chi connectivity index (χ1) is 16.6. The largest absolute Gasteiger partial charge is 0.496 e. The number of aliphatic hydroxyl groups is 1. The van der Waals surface area contributed by atoms with Gasteiger partial charge in [0.05, 0.1) is 38.8 Å². The molecule has 11 heteroatoms.